The van der Waals surface area contributed by atoms with Gasteiger partial charge in [0.2, 0.25) is 0 Å². The predicted octanol–water partition coefficient (Wildman–Crippen LogP) is 7.94. The SMILES string of the molecule is CC1CC([C@@H]2CC[C@@](C(=O)N3COc4c(F)cc(C(F)(F)F)cc4C3)(C3CC3)OC2)CCCC[C@@H]1c1ccc(F)c(C(=O)O)c1. The van der Waals surface area contributed by atoms with E-state index in [0.29, 0.717) is 25.0 Å². The summed E-state index contributed by atoms with van der Waals surface area (Å²) in [5.41, 5.74) is -1.69. The number of ether oxygens (including phenoxy) is 2. The van der Waals surface area contributed by atoms with Crippen LogP contribution in [0.1, 0.15) is 97.7 Å². The molecule has 1 amide bonds. The van der Waals surface area contributed by atoms with Crippen molar-refractivity contribution in [3.05, 3.63) is 64.2 Å². The molecular weight excluding hydrogens is 597 g/mol. The largest absolute Gasteiger partial charge is 0.478 e. The number of carbonyl (C=O) groups is 2. The fourth-order valence-corrected chi connectivity index (χ4v) is 7.96. The molecule has 244 valence electrons. The lowest BCUT2D eigenvalue weighted by Crippen LogP contribution is -2.56. The molecule has 2 aliphatic carbocycles. The van der Waals surface area contributed by atoms with E-state index in [-0.39, 0.29) is 59.7 Å². The Hall–Kier alpha value is -3.21. The van der Waals surface area contributed by atoms with Crippen LogP contribution in [0.3, 0.4) is 0 Å². The van der Waals surface area contributed by atoms with Crippen molar-refractivity contribution < 1.29 is 46.1 Å². The van der Waals surface area contributed by atoms with Crippen LogP contribution in [0.2, 0.25) is 0 Å². The Balaban J connectivity index is 1.14. The Labute approximate surface area is 258 Å². The number of hydrogen-bond acceptors (Lipinski definition) is 4. The summed E-state index contributed by atoms with van der Waals surface area (Å²) >= 11 is 0. The average Bonchev–Trinajstić information content (AvgIpc) is 3.85. The van der Waals surface area contributed by atoms with Gasteiger partial charge in [-0.2, -0.15) is 13.2 Å². The second-order valence-corrected chi connectivity index (χ2v) is 13.4. The van der Waals surface area contributed by atoms with Crippen LogP contribution >= 0.6 is 0 Å². The van der Waals surface area contributed by atoms with E-state index < -0.39 is 34.9 Å². The highest BCUT2D eigenvalue weighted by atomic mass is 19.4. The van der Waals surface area contributed by atoms with Crippen molar-refractivity contribution in [3.63, 3.8) is 0 Å². The Kier molecular flexibility index (Phi) is 8.60. The molecule has 11 heteroatoms. The lowest BCUT2D eigenvalue weighted by atomic mass is 9.70. The number of halogens is 5. The quantitative estimate of drug-likeness (QED) is 0.338. The fraction of sp³-hybridized carbons (Fsp3) is 0.588. The highest BCUT2D eigenvalue weighted by Crippen LogP contribution is 2.51. The van der Waals surface area contributed by atoms with Crippen LogP contribution in [-0.4, -0.2) is 40.8 Å². The van der Waals surface area contributed by atoms with Crippen LogP contribution in [-0.2, 0) is 22.3 Å². The van der Waals surface area contributed by atoms with Gasteiger partial charge in [-0.25, -0.2) is 13.6 Å². The smallest absolute Gasteiger partial charge is 0.416 e. The van der Waals surface area contributed by atoms with Crippen LogP contribution < -0.4 is 4.74 Å². The predicted molar refractivity (Wildman–Crippen MR) is 153 cm³/mol. The van der Waals surface area contributed by atoms with Gasteiger partial charge in [0.1, 0.15) is 11.4 Å². The first-order chi connectivity index (χ1) is 21.4. The van der Waals surface area contributed by atoms with E-state index >= 15 is 0 Å². The third-order valence-corrected chi connectivity index (χ3v) is 10.5. The number of carboxylic acids is 1. The topological polar surface area (TPSA) is 76.1 Å². The Morgan fingerprint density at radius 1 is 0.978 bits per heavy atom. The molecule has 4 aliphatic rings. The number of fused-ring (bicyclic) bond motifs is 1. The first kappa shape index (κ1) is 31.8. The van der Waals surface area contributed by atoms with Gasteiger partial charge >= 0.3 is 12.1 Å². The van der Waals surface area contributed by atoms with Crippen LogP contribution in [0, 0.1) is 35.3 Å². The third kappa shape index (κ3) is 6.29. The molecule has 0 bridgehead atoms. The summed E-state index contributed by atoms with van der Waals surface area (Å²) in [7, 11) is 0. The van der Waals surface area contributed by atoms with E-state index in [1.165, 1.54) is 17.0 Å². The van der Waals surface area contributed by atoms with Gasteiger partial charge in [0, 0.05) is 5.56 Å². The van der Waals surface area contributed by atoms with Crippen LogP contribution in [0.15, 0.2) is 30.3 Å². The number of carboxylic acid groups (broad SMARTS) is 1. The zero-order valence-corrected chi connectivity index (χ0v) is 25.2. The minimum Gasteiger partial charge on any atom is -0.478 e. The maximum atomic E-state index is 14.5. The molecule has 0 aromatic heterocycles. The van der Waals surface area contributed by atoms with Gasteiger partial charge in [-0.1, -0.05) is 32.3 Å². The molecule has 6 rings (SSSR count). The first-order valence-electron chi connectivity index (χ1n) is 15.9. The normalized spacial score (nSPS) is 29.2. The molecule has 6 nitrogen and oxygen atoms in total. The van der Waals surface area contributed by atoms with E-state index in [9.17, 15) is 36.6 Å². The number of benzene rings is 2. The fourth-order valence-electron chi connectivity index (χ4n) is 7.96. The molecule has 2 unspecified atom stereocenters. The second kappa shape index (κ2) is 12.2. The van der Waals surface area contributed by atoms with E-state index in [0.717, 1.165) is 63.0 Å². The molecule has 0 radical (unpaired) electrons. The zero-order chi connectivity index (χ0) is 32.1. The molecule has 2 heterocycles. The van der Waals surface area contributed by atoms with Crippen molar-refractivity contribution in [2.75, 3.05) is 13.3 Å². The van der Waals surface area contributed by atoms with Crippen molar-refractivity contribution in [1.82, 2.24) is 4.90 Å². The molecule has 1 saturated heterocycles. The summed E-state index contributed by atoms with van der Waals surface area (Å²) in [4.78, 5) is 26.9. The molecule has 2 aromatic rings. The van der Waals surface area contributed by atoms with Crippen LogP contribution in [0.25, 0.3) is 0 Å². The lowest BCUT2D eigenvalue weighted by molar-refractivity contribution is -0.181. The van der Waals surface area contributed by atoms with E-state index in [2.05, 4.69) is 6.92 Å². The number of nitrogens with zero attached hydrogens (tertiary/aromatic N) is 1. The van der Waals surface area contributed by atoms with Crippen molar-refractivity contribution in [1.29, 1.82) is 0 Å². The summed E-state index contributed by atoms with van der Waals surface area (Å²) in [6.07, 6.45) is 2.97. The van der Waals surface area contributed by atoms with Gasteiger partial charge in [0.05, 0.1) is 24.3 Å². The maximum Gasteiger partial charge on any atom is 0.416 e. The van der Waals surface area contributed by atoms with Gasteiger partial charge in [0.15, 0.2) is 18.3 Å². The molecule has 5 atom stereocenters. The summed E-state index contributed by atoms with van der Waals surface area (Å²) in [6, 6.07) is 5.66. The molecule has 2 aromatic carbocycles. The Bertz CT molecular complexity index is 1450. The van der Waals surface area contributed by atoms with E-state index in [4.69, 9.17) is 9.47 Å². The maximum absolute atomic E-state index is 14.5. The average molecular weight is 636 g/mol. The molecular formula is C34H38F5NO5. The number of amides is 1. The van der Waals surface area contributed by atoms with Crippen LogP contribution in [0.4, 0.5) is 22.0 Å². The monoisotopic (exact) mass is 635 g/mol. The summed E-state index contributed by atoms with van der Waals surface area (Å²) in [6.45, 7) is 2.10. The molecule has 3 fully saturated rings. The van der Waals surface area contributed by atoms with E-state index in [1.807, 2.05) is 0 Å². The van der Waals surface area contributed by atoms with Gasteiger partial charge < -0.3 is 19.5 Å². The molecule has 2 aliphatic heterocycles. The number of carbonyl (C=O) groups excluding carboxylic acids is 1. The molecule has 45 heavy (non-hydrogen) atoms. The van der Waals surface area contributed by atoms with Gasteiger partial charge in [-0.3, -0.25) is 4.79 Å². The minimum atomic E-state index is -4.73. The first-order valence-corrected chi connectivity index (χ1v) is 15.9. The van der Waals surface area contributed by atoms with Crippen molar-refractivity contribution in [2.45, 2.75) is 89.0 Å². The number of alkyl halides is 3. The standard InChI is InChI=1S/C34H38F5NO5/c1-19-12-20(4-2-3-5-26(19)21-6-9-28(35)27(14-21)31(41)42)22-10-11-33(45-17-22,24-7-8-24)32(43)40-16-23-13-25(34(37,38)39)15-29(36)30(23)44-18-40/h6,9,13-15,19-20,22,24,26H,2-5,7-8,10-12,16-18H2,1H3,(H,41,42)/t19?,20?,22-,26+,33+/m1/s1. The third-order valence-electron chi connectivity index (χ3n) is 10.5. The van der Waals surface area contributed by atoms with Gasteiger partial charge in [-0.15, -0.1) is 0 Å². The highest BCUT2D eigenvalue weighted by molar-refractivity contribution is 5.88. The van der Waals surface area contributed by atoms with Crippen LogP contribution in [0.5, 0.6) is 5.75 Å². The van der Waals surface area contributed by atoms with Crippen molar-refractivity contribution in [2.24, 2.45) is 23.7 Å². The highest BCUT2D eigenvalue weighted by Gasteiger charge is 2.56. The molecule has 2 saturated carbocycles. The lowest BCUT2D eigenvalue weighted by Gasteiger charge is -2.45. The summed E-state index contributed by atoms with van der Waals surface area (Å²) in [5.74, 6) is -2.78. The minimum absolute atomic E-state index is 0.0174. The summed E-state index contributed by atoms with van der Waals surface area (Å²) in [5, 5.41) is 9.43. The Morgan fingerprint density at radius 2 is 1.73 bits per heavy atom. The molecule has 0 spiro atoms. The van der Waals surface area contributed by atoms with Crippen molar-refractivity contribution >= 4 is 11.9 Å². The second-order valence-electron chi connectivity index (χ2n) is 13.4. The number of aromatic carboxylic acids is 1. The summed E-state index contributed by atoms with van der Waals surface area (Å²) < 4.78 is 80.6. The van der Waals surface area contributed by atoms with Gasteiger partial charge in [0.25, 0.3) is 5.91 Å². The number of hydrogen-bond donors (Lipinski definition) is 1. The van der Waals surface area contributed by atoms with E-state index in [1.54, 1.807) is 6.07 Å². The zero-order valence-electron chi connectivity index (χ0n) is 25.2. The Morgan fingerprint density at radius 3 is 2.40 bits per heavy atom. The number of rotatable bonds is 5. The van der Waals surface area contributed by atoms with Crippen molar-refractivity contribution in [3.8, 4) is 5.75 Å². The molecule has 1 N–H and O–H groups in total. The van der Waals surface area contributed by atoms with Gasteiger partial charge in [-0.05, 0) is 97.9 Å².